The molecule has 0 atom stereocenters. The predicted molar refractivity (Wildman–Crippen MR) is 70.2 cm³/mol. The average molecular weight is 248 g/mol. The Kier molecular flexibility index (Phi) is 4.15. The third kappa shape index (κ3) is 3.20. The minimum Gasteiger partial charge on any atom is -0.331 e. The van der Waals surface area contributed by atoms with Crippen LogP contribution in [0.15, 0.2) is 24.4 Å². The first kappa shape index (κ1) is 12.8. The van der Waals surface area contributed by atoms with E-state index >= 15 is 0 Å². The molecule has 0 spiro atoms. The topological polar surface area (TPSA) is 39.7 Å². The third-order valence-electron chi connectivity index (χ3n) is 3.14. The Hall–Kier alpha value is -1.62. The zero-order chi connectivity index (χ0) is 13.0. The molecule has 0 radical (unpaired) electrons. The van der Waals surface area contributed by atoms with Crippen LogP contribution >= 0.6 is 0 Å². The van der Waals surface area contributed by atoms with E-state index in [0.717, 1.165) is 38.4 Å². The minimum absolute atomic E-state index is 0.104. The Morgan fingerprint density at radius 1 is 1.28 bits per heavy atom. The van der Waals surface area contributed by atoms with E-state index in [9.17, 15) is 4.79 Å². The van der Waals surface area contributed by atoms with E-state index in [1.807, 2.05) is 29.3 Å². The summed E-state index contributed by atoms with van der Waals surface area (Å²) in [5.74, 6) is 0. The number of urea groups is 1. The molecule has 1 aromatic heterocycles. The lowest BCUT2D eigenvalue weighted by molar-refractivity contribution is 0.119. The molecule has 0 bridgehead atoms. The third-order valence-corrected chi connectivity index (χ3v) is 3.14. The second-order valence-corrected chi connectivity index (χ2v) is 4.76. The van der Waals surface area contributed by atoms with Crippen molar-refractivity contribution in [2.45, 2.75) is 6.54 Å². The number of hydrogen-bond acceptors (Lipinski definition) is 3. The molecule has 98 valence electrons. The molecule has 2 heterocycles. The summed E-state index contributed by atoms with van der Waals surface area (Å²) in [4.78, 5) is 22.0. The average Bonchev–Trinajstić information content (AvgIpc) is 2.40. The standard InChI is InChI=1S/C13H20N4O/c1-15(2)13(18)17-9-7-16(8-10-17)11-12-5-3-4-6-14-12/h3-6H,7-11H2,1-2H3. The van der Waals surface area contributed by atoms with Gasteiger partial charge >= 0.3 is 6.03 Å². The van der Waals surface area contributed by atoms with Gasteiger partial charge in [0.05, 0.1) is 5.69 Å². The van der Waals surface area contributed by atoms with Crippen molar-refractivity contribution < 1.29 is 4.79 Å². The van der Waals surface area contributed by atoms with Gasteiger partial charge in [0.15, 0.2) is 0 Å². The number of amides is 2. The summed E-state index contributed by atoms with van der Waals surface area (Å²) >= 11 is 0. The van der Waals surface area contributed by atoms with Crippen LogP contribution in [0.3, 0.4) is 0 Å². The van der Waals surface area contributed by atoms with Gasteiger partial charge in [-0.15, -0.1) is 0 Å². The number of aromatic nitrogens is 1. The fourth-order valence-electron chi connectivity index (χ4n) is 2.10. The summed E-state index contributed by atoms with van der Waals surface area (Å²) in [6, 6.07) is 6.08. The van der Waals surface area contributed by atoms with Gasteiger partial charge in [0.2, 0.25) is 0 Å². The van der Waals surface area contributed by atoms with Gasteiger partial charge in [-0.1, -0.05) is 6.07 Å². The number of hydrogen-bond donors (Lipinski definition) is 0. The van der Waals surface area contributed by atoms with Crippen LogP contribution < -0.4 is 0 Å². The van der Waals surface area contributed by atoms with Gasteiger partial charge in [-0.25, -0.2) is 4.79 Å². The molecular formula is C13H20N4O. The van der Waals surface area contributed by atoms with Gasteiger partial charge < -0.3 is 9.80 Å². The molecular weight excluding hydrogens is 228 g/mol. The molecule has 1 aromatic rings. The van der Waals surface area contributed by atoms with Crippen LogP contribution in [-0.4, -0.2) is 66.0 Å². The van der Waals surface area contributed by atoms with Gasteiger partial charge in [0.1, 0.15) is 0 Å². The van der Waals surface area contributed by atoms with Crippen LogP contribution in [0.25, 0.3) is 0 Å². The summed E-state index contributed by atoms with van der Waals surface area (Å²) in [6.45, 7) is 4.28. The second-order valence-electron chi connectivity index (χ2n) is 4.76. The number of piperazine rings is 1. The molecule has 1 saturated heterocycles. The zero-order valence-electron chi connectivity index (χ0n) is 11.0. The monoisotopic (exact) mass is 248 g/mol. The minimum atomic E-state index is 0.104. The molecule has 0 unspecified atom stereocenters. The normalized spacial score (nSPS) is 16.7. The zero-order valence-corrected chi connectivity index (χ0v) is 11.0. The van der Waals surface area contributed by atoms with E-state index in [1.54, 1.807) is 19.0 Å². The van der Waals surface area contributed by atoms with Crippen LogP contribution in [0.2, 0.25) is 0 Å². The lowest BCUT2D eigenvalue weighted by atomic mass is 10.3. The molecule has 5 heteroatoms. The summed E-state index contributed by atoms with van der Waals surface area (Å²) in [6.07, 6.45) is 1.82. The lowest BCUT2D eigenvalue weighted by Gasteiger charge is -2.35. The van der Waals surface area contributed by atoms with Crippen molar-refractivity contribution >= 4 is 6.03 Å². The van der Waals surface area contributed by atoms with E-state index in [0.29, 0.717) is 0 Å². The highest BCUT2D eigenvalue weighted by atomic mass is 16.2. The number of carbonyl (C=O) groups is 1. The highest BCUT2D eigenvalue weighted by molar-refractivity contribution is 5.73. The Bertz CT molecular complexity index is 385. The number of rotatable bonds is 2. The maximum atomic E-state index is 11.8. The number of pyridine rings is 1. The molecule has 1 aliphatic heterocycles. The molecule has 2 rings (SSSR count). The van der Waals surface area contributed by atoms with Crippen LogP contribution in [0.4, 0.5) is 4.79 Å². The van der Waals surface area contributed by atoms with Crippen LogP contribution in [-0.2, 0) is 6.54 Å². The summed E-state index contributed by atoms with van der Waals surface area (Å²) in [5, 5.41) is 0. The van der Waals surface area contributed by atoms with E-state index in [4.69, 9.17) is 0 Å². The van der Waals surface area contributed by atoms with E-state index in [2.05, 4.69) is 9.88 Å². The second kappa shape index (κ2) is 5.82. The smallest absolute Gasteiger partial charge is 0.319 e. The maximum absolute atomic E-state index is 11.8. The molecule has 0 N–H and O–H groups in total. The van der Waals surface area contributed by atoms with Crippen LogP contribution in [0.1, 0.15) is 5.69 Å². The highest BCUT2D eigenvalue weighted by Crippen LogP contribution is 2.07. The SMILES string of the molecule is CN(C)C(=O)N1CCN(Cc2ccccn2)CC1. The molecule has 0 aromatic carbocycles. The van der Waals surface area contributed by atoms with E-state index in [-0.39, 0.29) is 6.03 Å². The van der Waals surface area contributed by atoms with Crippen molar-refractivity contribution in [2.24, 2.45) is 0 Å². The molecule has 1 fully saturated rings. The van der Waals surface area contributed by atoms with Crippen LogP contribution in [0.5, 0.6) is 0 Å². The highest BCUT2D eigenvalue weighted by Gasteiger charge is 2.22. The predicted octanol–water partition coefficient (Wildman–Crippen LogP) is 0.881. The Labute approximate surface area is 108 Å². The van der Waals surface area contributed by atoms with Crippen LogP contribution in [0, 0.1) is 0 Å². The largest absolute Gasteiger partial charge is 0.331 e. The Morgan fingerprint density at radius 2 is 2.00 bits per heavy atom. The van der Waals surface area contributed by atoms with E-state index in [1.165, 1.54) is 0 Å². The van der Waals surface area contributed by atoms with Crippen molar-refractivity contribution in [1.82, 2.24) is 19.7 Å². The van der Waals surface area contributed by atoms with Gasteiger partial charge in [-0.2, -0.15) is 0 Å². The van der Waals surface area contributed by atoms with Crippen molar-refractivity contribution in [3.8, 4) is 0 Å². The first-order valence-corrected chi connectivity index (χ1v) is 6.25. The first-order valence-electron chi connectivity index (χ1n) is 6.25. The maximum Gasteiger partial charge on any atom is 0.319 e. The Morgan fingerprint density at radius 3 is 2.56 bits per heavy atom. The molecule has 1 aliphatic rings. The summed E-state index contributed by atoms with van der Waals surface area (Å²) in [5.41, 5.74) is 1.09. The van der Waals surface area contributed by atoms with Gasteiger partial charge in [-0.3, -0.25) is 9.88 Å². The number of nitrogens with zero attached hydrogens (tertiary/aromatic N) is 4. The lowest BCUT2D eigenvalue weighted by Crippen LogP contribution is -2.51. The first-order chi connectivity index (χ1) is 8.66. The van der Waals surface area contributed by atoms with Crippen molar-refractivity contribution in [1.29, 1.82) is 0 Å². The number of carbonyl (C=O) groups excluding carboxylic acids is 1. The molecule has 2 amide bonds. The fraction of sp³-hybridized carbons (Fsp3) is 0.538. The van der Waals surface area contributed by atoms with Crippen molar-refractivity contribution in [3.05, 3.63) is 30.1 Å². The summed E-state index contributed by atoms with van der Waals surface area (Å²) in [7, 11) is 3.59. The van der Waals surface area contributed by atoms with Crippen molar-refractivity contribution in [2.75, 3.05) is 40.3 Å². The quantitative estimate of drug-likeness (QED) is 0.780. The molecule has 0 saturated carbocycles. The van der Waals surface area contributed by atoms with Gasteiger partial charge in [-0.05, 0) is 12.1 Å². The van der Waals surface area contributed by atoms with Gasteiger partial charge in [0.25, 0.3) is 0 Å². The fourth-order valence-corrected chi connectivity index (χ4v) is 2.10. The Balaban J connectivity index is 1.82. The molecule has 0 aliphatic carbocycles. The summed E-state index contributed by atoms with van der Waals surface area (Å²) < 4.78 is 0. The molecule has 18 heavy (non-hydrogen) atoms. The van der Waals surface area contributed by atoms with Crippen molar-refractivity contribution in [3.63, 3.8) is 0 Å². The molecule has 5 nitrogen and oxygen atoms in total. The van der Waals surface area contributed by atoms with E-state index < -0.39 is 0 Å². The van der Waals surface area contributed by atoms with Gasteiger partial charge in [0, 0.05) is 53.0 Å².